The molecule has 2 aliphatic heterocycles. The average Bonchev–Trinajstić information content (AvgIpc) is 2.70. The number of fused-ring (bicyclic) bond motifs is 1. The van der Waals surface area contributed by atoms with Crippen LogP contribution in [0.4, 0.5) is 13.2 Å². The summed E-state index contributed by atoms with van der Waals surface area (Å²) in [6.45, 7) is 3.22. The molecule has 2 fully saturated rings. The molecule has 3 nitrogen and oxygen atoms in total. The van der Waals surface area contributed by atoms with E-state index in [2.05, 4.69) is 17.1 Å². The summed E-state index contributed by atoms with van der Waals surface area (Å²) in [5, 5.41) is 0. The Hall–Kier alpha value is -0.400. The van der Waals surface area contributed by atoms with Gasteiger partial charge in [0.2, 0.25) is 0 Å². The van der Waals surface area contributed by atoms with Crippen LogP contribution in [0, 0.1) is 5.92 Å². The van der Waals surface area contributed by atoms with Crippen molar-refractivity contribution in [3.8, 4) is 0 Å². The molecular weight excluding hydrogens is 263 g/mol. The van der Waals surface area contributed by atoms with Gasteiger partial charge in [-0.15, -0.1) is 0 Å². The molecule has 2 aliphatic rings. The lowest BCUT2D eigenvalue weighted by molar-refractivity contribution is -0.160. The van der Waals surface area contributed by atoms with Gasteiger partial charge < -0.3 is 5.73 Å². The summed E-state index contributed by atoms with van der Waals surface area (Å²) in [5.41, 5.74) is 5.22. The van der Waals surface area contributed by atoms with Crippen molar-refractivity contribution >= 4 is 17.2 Å². The highest BCUT2D eigenvalue weighted by Gasteiger charge is 2.43. The van der Waals surface area contributed by atoms with E-state index in [1.54, 1.807) is 0 Å². The zero-order valence-corrected chi connectivity index (χ0v) is 10.9. The molecule has 0 aromatic rings. The summed E-state index contributed by atoms with van der Waals surface area (Å²) in [6.07, 6.45) is -2.10. The molecule has 0 amide bonds. The fraction of sp³-hybridized carbons (Fsp3) is 0.909. The van der Waals surface area contributed by atoms with Crippen LogP contribution in [0.1, 0.15) is 12.8 Å². The summed E-state index contributed by atoms with van der Waals surface area (Å²) in [7, 11) is 0. The van der Waals surface area contributed by atoms with Crippen LogP contribution in [-0.2, 0) is 0 Å². The minimum Gasteiger partial charge on any atom is -0.393 e. The van der Waals surface area contributed by atoms with E-state index in [0.29, 0.717) is 19.1 Å². The van der Waals surface area contributed by atoms with E-state index in [0.717, 1.165) is 25.9 Å². The summed E-state index contributed by atoms with van der Waals surface area (Å²) in [6, 6.07) is 0.416. The van der Waals surface area contributed by atoms with Crippen LogP contribution < -0.4 is 5.73 Å². The molecule has 0 aromatic heterocycles. The predicted octanol–water partition coefficient (Wildman–Crippen LogP) is 1.23. The minimum atomic E-state index is -4.33. The molecular formula is C11H18F3N3S. The maximum absolute atomic E-state index is 12.8. The molecule has 0 spiro atoms. The molecule has 2 saturated heterocycles. The van der Waals surface area contributed by atoms with E-state index in [4.69, 9.17) is 5.73 Å². The maximum Gasteiger partial charge on any atom is 0.399 e. The van der Waals surface area contributed by atoms with Gasteiger partial charge in [0.05, 0.1) is 4.99 Å². The number of piperazine rings is 1. The van der Waals surface area contributed by atoms with Gasteiger partial charge in [0.25, 0.3) is 0 Å². The van der Waals surface area contributed by atoms with Crippen molar-refractivity contribution in [2.45, 2.75) is 25.1 Å². The molecule has 104 valence electrons. The number of nitrogens with zero attached hydrogens (tertiary/aromatic N) is 2. The van der Waals surface area contributed by atoms with E-state index < -0.39 is 17.1 Å². The second-order valence-corrected chi connectivity index (χ2v) is 5.56. The van der Waals surface area contributed by atoms with Crippen molar-refractivity contribution in [2.24, 2.45) is 11.7 Å². The fourth-order valence-corrected chi connectivity index (χ4v) is 3.04. The Labute approximate surface area is 110 Å². The lowest BCUT2D eigenvalue weighted by Crippen LogP contribution is -2.53. The maximum atomic E-state index is 12.8. The Morgan fingerprint density at radius 2 is 2.06 bits per heavy atom. The minimum absolute atomic E-state index is 0.0941. The Balaban J connectivity index is 1.94. The van der Waals surface area contributed by atoms with Gasteiger partial charge in [-0.1, -0.05) is 12.2 Å². The molecule has 2 heterocycles. The second-order valence-electron chi connectivity index (χ2n) is 5.09. The van der Waals surface area contributed by atoms with Crippen LogP contribution in [0.3, 0.4) is 0 Å². The fourth-order valence-electron chi connectivity index (χ4n) is 2.83. The number of alkyl halides is 3. The Kier molecular flexibility index (Phi) is 4.13. The highest BCUT2D eigenvalue weighted by atomic mass is 32.1. The quantitative estimate of drug-likeness (QED) is 0.789. The van der Waals surface area contributed by atoms with Crippen LogP contribution in [-0.4, -0.2) is 59.7 Å². The SMILES string of the molecule is NC(=S)C(CN1CCN2CCCC2C1)C(F)(F)F. The number of rotatable bonds is 3. The highest BCUT2D eigenvalue weighted by molar-refractivity contribution is 7.80. The zero-order chi connectivity index (χ0) is 13.3. The summed E-state index contributed by atoms with van der Waals surface area (Å²) < 4.78 is 38.4. The van der Waals surface area contributed by atoms with Gasteiger partial charge in [-0.2, -0.15) is 13.2 Å². The van der Waals surface area contributed by atoms with Crippen molar-refractivity contribution in [3.05, 3.63) is 0 Å². The van der Waals surface area contributed by atoms with Gasteiger partial charge in [0, 0.05) is 32.2 Å². The number of hydrogen-bond donors (Lipinski definition) is 1. The lowest BCUT2D eigenvalue weighted by Gasteiger charge is -2.39. The van der Waals surface area contributed by atoms with Gasteiger partial charge in [-0.05, 0) is 19.4 Å². The van der Waals surface area contributed by atoms with Gasteiger partial charge in [0.15, 0.2) is 0 Å². The molecule has 18 heavy (non-hydrogen) atoms. The first-order valence-electron chi connectivity index (χ1n) is 6.20. The Morgan fingerprint density at radius 3 is 2.67 bits per heavy atom. The topological polar surface area (TPSA) is 32.5 Å². The molecule has 0 saturated carbocycles. The van der Waals surface area contributed by atoms with Crippen molar-refractivity contribution in [1.82, 2.24) is 9.80 Å². The second kappa shape index (κ2) is 5.30. The number of halogens is 3. The van der Waals surface area contributed by atoms with Crippen LogP contribution in [0.2, 0.25) is 0 Å². The standard InChI is InChI=1S/C11H18F3N3S/c12-11(13,14)9(10(15)18)7-16-4-5-17-3-1-2-8(17)6-16/h8-9H,1-7H2,(H2,15,18). The van der Waals surface area contributed by atoms with E-state index in [9.17, 15) is 13.2 Å². The molecule has 0 bridgehead atoms. The zero-order valence-electron chi connectivity index (χ0n) is 10.1. The number of hydrogen-bond acceptors (Lipinski definition) is 3. The van der Waals surface area contributed by atoms with E-state index in [1.165, 1.54) is 0 Å². The summed E-state index contributed by atoms with van der Waals surface area (Å²) in [4.78, 5) is 3.76. The van der Waals surface area contributed by atoms with E-state index in [-0.39, 0.29) is 6.54 Å². The predicted molar refractivity (Wildman–Crippen MR) is 67.4 cm³/mol. The molecule has 0 aliphatic carbocycles. The molecule has 0 radical (unpaired) electrons. The normalized spacial score (nSPS) is 28.1. The largest absolute Gasteiger partial charge is 0.399 e. The molecule has 2 unspecified atom stereocenters. The van der Waals surface area contributed by atoms with Gasteiger partial charge in [-0.25, -0.2) is 0 Å². The molecule has 2 rings (SSSR count). The lowest BCUT2D eigenvalue weighted by atomic mass is 10.1. The molecule has 0 aromatic carbocycles. The van der Waals surface area contributed by atoms with Gasteiger partial charge in [0.1, 0.15) is 5.92 Å². The van der Waals surface area contributed by atoms with Crippen molar-refractivity contribution in [1.29, 1.82) is 0 Å². The first kappa shape index (κ1) is 14.0. The average molecular weight is 281 g/mol. The van der Waals surface area contributed by atoms with Crippen LogP contribution in [0.15, 0.2) is 0 Å². The third-order valence-electron chi connectivity index (χ3n) is 3.85. The third-order valence-corrected chi connectivity index (χ3v) is 4.14. The van der Waals surface area contributed by atoms with Crippen molar-refractivity contribution < 1.29 is 13.2 Å². The van der Waals surface area contributed by atoms with Crippen LogP contribution >= 0.6 is 12.2 Å². The monoisotopic (exact) mass is 281 g/mol. The van der Waals surface area contributed by atoms with Crippen LogP contribution in [0.5, 0.6) is 0 Å². The highest BCUT2D eigenvalue weighted by Crippen LogP contribution is 2.29. The Bertz CT molecular complexity index is 321. The number of thiocarbonyl (C=S) groups is 1. The van der Waals surface area contributed by atoms with E-state index >= 15 is 0 Å². The molecule has 2 atom stereocenters. The van der Waals surface area contributed by atoms with Gasteiger partial charge in [-0.3, -0.25) is 9.80 Å². The van der Waals surface area contributed by atoms with Crippen molar-refractivity contribution in [3.63, 3.8) is 0 Å². The number of nitrogens with two attached hydrogens (primary N) is 1. The van der Waals surface area contributed by atoms with Crippen molar-refractivity contribution in [2.75, 3.05) is 32.7 Å². The first-order valence-corrected chi connectivity index (χ1v) is 6.61. The van der Waals surface area contributed by atoms with E-state index in [1.807, 2.05) is 4.90 Å². The Morgan fingerprint density at radius 1 is 1.33 bits per heavy atom. The summed E-state index contributed by atoms with van der Waals surface area (Å²) >= 11 is 4.55. The molecule has 2 N–H and O–H groups in total. The smallest absolute Gasteiger partial charge is 0.393 e. The van der Waals surface area contributed by atoms with Crippen LogP contribution in [0.25, 0.3) is 0 Å². The third kappa shape index (κ3) is 3.13. The summed E-state index contributed by atoms with van der Waals surface area (Å²) in [5.74, 6) is -1.68. The molecule has 7 heteroatoms. The first-order chi connectivity index (χ1) is 8.38. The van der Waals surface area contributed by atoms with Gasteiger partial charge >= 0.3 is 6.18 Å².